The monoisotopic (exact) mass is 278 g/mol. The number of nitrogens with zero attached hydrogens (tertiary/aromatic N) is 1. The predicted octanol–water partition coefficient (Wildman–Crippen LogP) is 3.65. The van der Waals surface area contributed by atoms with Gasteiger partial charge in [-0.2, -0.15) is 0 Å². The van der Waals surface area contributed by atoms with E-state index >= 15 is 0 Å². The summed E-state index contributed by atoms with van der Waals surface area (Å²) in [6.45, 7) is 3.53. The number of ether oxygens (including phenoxy) is 1. The van der Waals surface area contributed by atoms with Gasteiger partial charge in [0.2, 0.25) is 0 Å². The van der Waals surface area contributed by atoms with Gasteiger partial charge in [-0.05, 0) is 31.2 Å². The van der Waals surface area contributed by atoms with Crippen molar-refractivity contribution in [1.29, 1.82) is 0 Å². The fourth-order valence-electron chi connectivity index (χ4n) is 1.72. The second kappa shape index (κ2) is 6.96. The molecule has 0 atom stereocenters. The summed E-state index contributed by atoms with van der Waals surface area (Å²) in [4.78, 5) is 3.95. The standard InChI is InChI=1S/C15H16F2N2O/c1-2-6-18-9-11-5-7-19-10-15(11)20-14-8-12(16)3-4-13(14)17/h3-5,7-8,10,18H,2,6,9H2,1H3. The summed E-state index contributed by atoms with van der Waals surface area (Å²) < 4.78 is 32.1. The second-order valence-electron chi connectivity index (χ2n) is 4.34. The summed E-state index contributed by atoms with van der Waals surface area (Å²) >= 11 is 0. The van der Waals surface area contributed by atoms with E-state index in [1.165, 1.54) is 6.20 Å². The summed E-state index contributed by atoms with van der Waals surface area (Å²) in [7, 11) is 0. The smallest absolute Gasteiger partial charge is 0.166 e. The number of halogens is 2. The van der Waals surface area contributed by atoms with Crippen molar-refractivity contribution in [2.45, 2.75) is 19.9 Å². The summed E-state index contributed by atoms with van der Waals surface area (Å²) in [6.07, 6.45) is 4.14. The van der Waals surface area contributed by atoms with Crippen molar-refractivity contribution < 1.29 is 13.5 Å². The van der Waals surface area contributed by atoms with Gasteiger partial charge >= 0.3 is 0 Å². The minimum Gasteiger partial charge on any atom is -0.452 e. The highest BCUT2D eigenvalue weighted by atomic mass is 19.1. The van der Waals surface area contributed by atoms with Gasteiger partial charge in [0.15, 0.2) is 11.6 Å². The molecule has 0 spiro atoms. The van der Waals surface area contributed by atoms with Gasteiger partial charge in [-0.3, -0.25) is 4.98 Å². The molecule has 1 heterocycles. The van der Waals surface area contributed by atoms with Crippen LogP contribution in [0.4, 0.5) is 8.78 Å². The Labute approximate surface area is 116 Å². The molecule has 1 N–H and O–H groups in total. The summed E-state index contributed by atoms with van der Waals surface area (Å²) in [5, 5.41) is 3.23. The van der Waals surface area contributed by atoms with Crippen LogP contribution in [-0.4, -0.2) is 11.5 Å². The van der Waals surface area contributed by atoms with Crippen LogP contribution in [0.1, 0.15) is 18.9 Å². The first kappa shape index (κ1) is 14.4. The first-order valence-electron chi connectivity index (χ1n) is 6.47. The number of aromatic nitrogens is 1. The van der Waals surface area contributed by atoms with Crippen molar-refractivity contribution in [3.8, 4) is 11.5 Å². The minimum absolute atomic E-state index is 0.144. The molecule has 106 valence electrons. The van der Waals surface area contributed by atoms with E-state index in [-0.39, 0.29) is 5.75 Å². The van der Waals surface area contributed by atoms with Crippen molar-refractivity contribution in [2.75, 3.05) is 6.54 Å². The molecule has 0 unspecified atom stereocenters. The molecule has 0 radical (unpaired) electrons. The molecule has 0 aliphatic carbocycles. The number of rotatable bonds is 6. The molecule has 0 saturated carbocycles. The molecule has 0 fully saturated rings. The lowest BCUT2D eigenvalue weighted by Crippen LogP contribution is -2.14. The summed E-state index contributed by atoms with van der Waals surface area (Å²) in [6, 6.07) is 4.89. The van der Waals surface area contributed by atoms with Crippen LogP contribution in [0.15, 0.2) is 36.7 Å². The first-order valence-corrected chi connectivity index (χ1v) is 6.47. The van der Waals surface area contributed by atoms with Crippen molar-refractivity contribution in [2.24, 2.45) is 0 Å². The molecule has 1 aromatic carbocycles. The van der Waals surface area contributed by atoms with E-state index < -0.39 is 11.6 Å². The molecule has 0 amide bonds. The minimum atomic E-state index is -0.609. The van der Waals surface area contributed by atoms with Crippen LogP contribution in [-0.2, 0) is 6.54 Å². The maximum Gasteiger partial charge on any atom is 0.166 e. The normalized spacial score (nSPS) is 10.6. The zero-order valence-corrected chi connectivity index (χ0v) is 11.2. The van der Waals surface area contributed by atoms with E-state index in [1.54, 1.807) is 12.3 Å². The predicted molar refractivity (Wildman–Crippen MR) is 72.7 cm³/mol. The third-order valence-corrected chi connectivity index (χ3v) is 2.73. The van der Waals surface area contributed by atoms with E-state index in [4.69, 9.17) is 4.74 Å². The fourth-order valence-corrected chi connectivity index (χ4v) is 1.72. The Balaban J connectivity index is 2.18. The number of hydrogen-bond donors (Lipinski definition) is 1. The van der Waals surface area contributed by atoms with Crippen molar-refractivity contribution >= 4 is 0 Å². The van der Waals surface area contributed by atoms with Crippen molar-refractivity contribution in [1.82, 2.24) is 10.3 Å². The first-order chi connectivity index (χ1) is 9.70. The van der Waals surface area contributed by atoms with E-state index in [1.807, 2.05) is 0 Å². The zero-order chi connectivity index (χ0) is 14.4. The molecule has 3 nitrogen and oxygen atoms in total. The van der Waals surface area contributed by atoms with Crippen LogP contribution in [0.5, 0.6) is 11.5 Å². The van der Waals surface area contributed by atoms with Crippen LogP contribution < -0.4 is 10.1 Å². The highest BCUT2D eigenvalue weighted by Gasteiger charge is 2.09. The Morgan fingerprint density at radius 3 is 2.85 bits per heavy atom. The lowest BCUT2D eigenvalue weighted by Gasteiger charge is -2.11. The van der Waals surface area contributed by atoms with Gasteiger partial charge in [0.1, 0.15) is 11.6 Å². The highest BCUT2D eigenvalue weighted by Crippen LogP contribution is 2.27. The van der Waals surface area contributed by atoms with E-state index in [0.717, 1.165) is 36.7 Å². The van der Waals surface area contributed by atoms with E-state index in [2.05, 4.69) is 17.2 Å². The molecular weight excluding hydrogens is 262 g/mol. The molecule has 20 heavy (non-hydrogen) atoms. The van der Waals surface area contributed by atoms with Gasteiger partial charge in [-0.15, -0.1) is 0 Å². The average Bonchev–Trinajstić information content (AvgIpc) is 2.45. The Morgan fingerprint density at radius 2 is 2.05 bits per heavy atom. The fraction of sp³-hybridized carbons (Fsp3) is 0.267. The van der Waals surface area contributed by atoms with E-state index in [0.29, 0.717) is 12.3 Å². The number of benzene rings is 1. The summed E-state index contributed by atoms with van der Waals surface area (Å²) in [5.74, 6) is -0.881. The van der Waals surface area contributed by atoms with Crippen LogP contribution in [0.2, 0.25) is 0 Å². The Bertz CT molecular complexity index is 576. The highest BCUT2D eigenvalue weighted by molar-refractivity contribution is 5.36. The Morgan fingerprint density at radius 1 is 1.20 bits per heavy atom. The van der Waals surface area contributed by atoms with Gasteiger partial charge in [0.25, 0.3) is 0 Å². The Kier molecular flexibility index (Phi) is 5.01. The number of nitrogens with one attached hydrogen (secondary N) is 1. The maximum absolute atomic E-state index is 13.6. The van der Waals surface area contributed by atoms with Crippen molar-refractivity contribution in [3.05, 3.63) is 53.9 Å². The van der Waals surface area contributed by atoms with Gasteiger partial charge in [-0.1, -0.05) is 6.92 Å². The molecule has 0 aliphatic rings. The molecule has 0 saturated heterocycles. The lowest BCUT2D eigenvalue weighted by atomic mass is 10.2. The molecule has 2 rings (SSSR count). The molecule has 0 bridgehead atoms. The van der Waals surface area contributed by atoms with Gasteiger partial charge in [0, 0.05) is 24.4 Å². The van der Waals surface area contributed by atoms with Crippen LogP contribution in [0.3, 0.4) is 0 Å². The SMILES string of the molecule is CCCNCc1ccncc1Oc1cc(F)ccc1F. The quantitative estimate of drug-likeness (QED) is 0.819. The molecule has 0 aliphatic heterocycles. The van der Waals surface area contributed by atoms with Gasteiger partial charge in [0.05, 0.1) is 6.20 Å². The lowest BCUT2D eigenvalue weighted by molar-refractivity contribution is 0.428. The third-order valence-electron chi connectivity index (χ3n) is 2.73. The van der Waals surface area contributed by atoms with Crippen LogP contribution in [0, 0.1) is 11.6 Å². The van der Waals surface area contributed by atoms with Crippen LogP contribution >= 0.6 is 0 Å². The average molecular weight is 278 g/mol. The third kappa shape index (κ3) is 3.74. The molecule has 2 aromatic rings. The van der Waals surface area contributed by atoms with Gasteiger partial charge < -0.3 is 10.1 Å². The van der Waals surface area contributed by atoms with Crippen molar-refractivity contribution in [3.63, 3.8) is 0 Å². The largest absolute Gasteiger partial charge is 0.452 e. The topological polar surface area (TPSA) is 34.2 Å². The zero-order valence-electron chi connectivity index (χ0n) is 11.2. The molecule has 1 aromatic heterocycles. The maximum atomic E-state index is 13.6. The van der Waals surface area contributed by atoms with Gasteiger partial charge in [-0.25, -0.2) is 8.78 Å². The number of hydrogen-bond acceptors (Lipinski definition) is 3. The Hall–Kier alpha value is -2.01. The van der Waals surface area contributed by atoms with E-state index in [9.17, 15) is 8.78 Å². The number of pyridine rings is 1. The summed E-state index contributed by atoms with van der Waals surface area (Å²) in [5.41, 5.74) is 0.845. The molecule has 5 heteroatoms. The molecular formula is C15H16F2N2O. The second-order valence-corrected chi connectivity index (χ2v) is 4.34. The van der Waals surface area contributed by atoms with Crippen LogP contribution in [0.25, 0.3) is 0 Å².